The Bertz CT molecular complexity index is 632. The molecule has 1 unspecified atom stereocenters. The minimum absolute atomic E-state index is 0.0932. The number of carbonyl (C=O) groups excluding carboxylic acids is 2. The van der Waals surface area contributed by atoms with Crippen LogP contribution in [0.1, 0.15) is 25.7 Å². The quantitative estimate of drug-likeness (QED) is 0.815. The number of amides is 2. The maximum Gasteiger partial charge on any atom is 0.248 e. The molecule has 0 aromatic heterocycles. The highest BCUT2D eigenvalue weighted by molar-refractivity contribution is 7.99. The Kier molecular flexibility index (Phi) is 5.18. The maximum atomic E-state index is 12.6. The maximum absolute atomic E-state index is 12.6. The molecule has 130 valence electrons. The van der Waals surface area contributed by atoms with E-state index >= 15 is 0 Å². The Morgan fingerprint density at radius 1 is 1.33 bits per heavy atom. The molecule has 2 amide bonds. The molecule has 7 heteroatoms. The summed E-state index contributed by atoms with van der Waals surface area (Å²) in [4.78, 5) is 27.0. The van der Waals surface area contributed by atoms with Crippen molar-refractivity contribution in [1.29, 1.82) is 0 Å². The molecule has 2 aliphatic rings. The highest BCUT2D eigenvalue weighted by atomic mass is 32.2. The molecule has 1 aromatic carbocycles. The molecule has 0 bridgehead atoms. The lowest BCUT2D eigenvalue weighted by molar-refractivity contribution is -0.139. The fourth-order valence-corrected chi connectivity index (χ4v) is 4.49. The summed E-state index contributed by atoms with van der Waals surface area (Å²) in [6.45, 7) is 0. The van der Waals surface area contributed by atoms with E-state index in [0.717, 1.165) is 25.7 Å². The average molecular weight is 349 g/mol. The second kappa shape index (κ2) is 7.34. The first kappa shape index (κ1) is 17.0. The number of nitrogen functional groups attached to an aromatic ring is 1. The monoisotopic (exact) mass is 349 g/mol. The van der Waals surface area contributed by atoms with Crippen LogP contribution < -0.4 is 15.8 Å². The van der Waals surface area contributed by atoms with Gasteiger partial charge < -0.3 is 20.7 Å². The van der Waals surface area contributed by atoms with Crippen molar-refractivity contribution in [2.24, 2.45) is 5.92 Å². The lowest BCUT2D eigenvalue weighted by Gasteiger charge is -2.25. The van der Waals surface area contributed by atoms with Gasteiger partial charge in [-0.3, -0.25) is 9.59 Å². The summed E-state index contributed by atoms with van der Waals surface area (Å²) in [6, 6.07) is 4.72. The smallest absolute Gasteiger partial charge is 0.248 e. The molecule has 3 N–H and O–H groups in total. The molecule has 6 nitrogen and oxygen atoms in total. The van der Waals surface area contributed by atoms with Gasteiger partial charge in [0.15, 0.2) is 0 Å². The number of thioether (sulfide) groups is 1. The Morgan fingerprint density at radius 2 is 2.08 bits per heavy atom. The van der Waals surface area contributed by atoms with Gasteiger partial charge in [0.25, 0.3) is 0 Å². The van der Waals surface area contributed by atoms with Crippen LogP contribution in [0.5, 0.6) is 5.75 Å². The fraction of sp³-hybridized carbons (Fsp3) is 0.529. The first-order chi connectivity index (χ1) is 11.6. The predicted octanol–water partition coefficient (Wildman–Crippen LogP) is 2.31. The van der Waals surface area contributed by atoms with Gasteiger partial charge in [0.2, 0.25) is 11.8 Å². The Labute approximate surface area is 146 Å². The molecule has 1 saturated carbocycles. The summed E-state index contributed by atoms with van der Waals surface area (Å²) < 4.78 is 5.12. The Morgan fingerprint density at radius 3 is 2.75 bits per heavy atom. The summed E-state index contributed by atoms with van der Waals surface area (Å²) in [5, 5.41) is 2.87. The summed E-state index contributed by atoms with van der Waals surface area (Å²) in [7, 11) is 1.55. The summed E-state index contributed by atoms with van der Waals surface area (Å²) in [6.07, 6.45) is 4.12. The first-order valence-electron chi connectivity index (χ1n) is 8.22. The molecule has 1 aliphatic heterocycles. The van der Waals surface area contributed by atoms with Crippen molar-refractivity contribution in [3.05, 3.63) is 18.2 Å². The molecule has 24 heavy (non-hydrogen) atoms. The van der Waals surface area contributed by atoms with E-state index in [1.54, 1.807) is 42.0 Å². The van der Waals surface area contributed by atoms with E-state index in [-0.39, 0.29) is 17.7 Å². The van der Waals surface area contributed by atoms with Gasteiger partial charge in [-0.2, -0.15) is 0 Å². The van der Waals surface area contributed by atoms with E-state index in [2.05, 4.69) is 5.32 Å². The molecule has 1 heterocycles. The molecule has 0 radical (unpaired) electrons. The van der Waals surface area contributed by atoms with Crippen molar-refractivity contribution >= 4 is 35.0 Å². The van der Waals surface area contributed by atoms with Crippen molar-refractivity contribution in [3.8, 4) is 5.75 Å². The predicted molar refractivity (Wildman–Crippen MR) is 96.0 cm³/mol. The molecule has 1 aromatic rings. The normalized spacial score (nSPS) is 21.0. The number of nitrogens with one attached hydrogen (secondary N) is 1. The zero-order valence-electron chi connectivity index (χ0n) is 13.8. The largest absolute Gasteiger partial charge is 0.495 e. The average Bonchev–Trinajstić information content (AvgIpc) is 3.26. The number of carbonyl (C=O) groups is 2. The Hall–Kier alpha value is -1.89. The third-order valence-corrected chi connectivity index (χ3v) is 5.68. The highest BCUT2D eigenvalue weighted by Gasteiger charge is 2.38. The number of ether oxygens (including phenoxy) is 1. The van der Waals surface area contributed by atoms with Crippen molar-refractivity contribution in [2.75, 3.05) is 29.8 Å². The second-order valence-electron chi connectivity index (χ2n) is 6.25. The van der Waals surface area contributed by atoms with Gasteiger partial charge in [0, 0.05) is 17.4 Å². The van der Waals surface area contributed by atoms with E-state index in [1.165, 1.54) is 0 Å². The summed E-state index contributed by atoms with van der Waals surface area (Å²) in [5.41, 5.74) is 6.96. The topological polar surface area (TPSA) is 84.7 Å². The molecular weight excluding hydrogens is 326 g/mol. The number of benzene rings is 1. The molecule has 1 saturated heterocycles. The number of rotatable bonds is 4. The molecule has 0 spiro atoms. The van der Waals surface area contributed by atoms with Crippen LogP contribution >= 0.6 is 11.8 Å². The zero-order chi connectivity index (χ0) is 17.1. The van der Waals surface area contributed by atoms with Gasteiger partial charge in [-0.05, 0) is 31.0 Å². The van der Waals surface area contributed by atoms with Crippen molar-refractivity contribution < 1.29 is 14.3 Å². The van der Waals surface area contributed by atoms with Crippen LogP contribution in [0.4, 0.5) is 11.4 Å². The van der Waals surface area contributed by atoms with Crippen LogP contribution in [0.15, 0.2) is 18.2 Å². The molecule has 3 rings (SSSR count). The van der Waals surface area contributed by atoms with Gasteiger partial charge >= 0.3 is 0 Å². The highest BCUT2D eigenvalue weighted by Crippen LogP contribution is 2.31. The number of anilines is 2. The van der Waals surface area contributed by atoms with Crippen LogP contribution in [-0.4, -0.2) is 41.5 Å². The minimum Gasteiger partial charge on any atom is -0.495 e. The number of hydrogen-bond acceptors (Lipinski definition) is 5. The zero-order valence-corrected chi connectivity index (χ0v) is 14.6. The van der Waals surface area contributed by atoms with Crippen LogP contribution in [0.3, 0.4) is 0 Å². The number of nitrogens with zero attached hydrogens (tertiary/aromatic N) is 1. The van der Waals surface area contributed by atoms with E-state index in [0.29, 0.717) is 28.8 Å². The fourth-order valence-electron chi connectivity index (χ4n) is 3.32. The lowest BCUT2D eigenvalue weighted by Crippen LogP contribution is -2.46. The van der Waals surface area contributed by atoms with Gasteiger partial charge in [0.05, 0.1) is 18.7 Å². The number of nitrogens with two attached hydrogens (primary N) is 1. The van der Waals surface area contributed by atoms with Crippen LogP contribution in [0, 0.1) is 5.92 Å². The summed E-state index contributed by atoms with van der Waals surface area (Å²) >= 11 is 1.63. The molecule has 2 fully saturated rings. The standard InChI is InChI=1S/C17H23N3O3S/c1-23-15-7-6-12(8-13(15)18)19-16(21)14-9-24-10-20(14)17(22)11-4-2-3-5-11/h6-8,11,14H,2-5,9-10,18H2,1H3,(H,19,21). The first-order valence-corrected chi connectivity index (χ1v) is 9.38. The van der Waals surface area contributed by atoms with Gasteiger partial charge in [0.1, 0.15) is 11.8 Å². The van der Waals surface area contributed by atoms with E-state index in [4.69, 9.17) is 10.5 Å². The molecular formula is C17H23N3O3S. The molecule has 1 aliphatic carbocycles. The number of hydrogen-bond donors (Lipinski definition) is 2. The number of methoxy groups -OCH3 is 1. The third kappa shape index (κ3) is 3.45. The Balaban J connectivity index is 1.67. The van der Waals surface area contributed by atoms with Crippen molar-refractivity contribution in [1.82, 2.24) is 4.90 Å². The lowest BCUT2D eigenvalue weighted by atomic mass is 10.1. The van der Waals surface area contributed by atoms with E-state index in [1.807, 2.05) is 0 Å². The second-order valence-corrected chi connectivity index (χ2v) is 7.25. The van der Waals surface area contributed by atoms with Crippen LogP contribution in [0.25, 0.3) is 0 Å². The van der Waals surface area contributed by atoms with Gasteiger partial charge in [-0.25, -0.2) is 0 Å². The SMILES string of the molecule is COc1ccc(NC(=O)C2CSCN2C(=O)C2CCCC2)cc1N. The van der Waals surface area contributed by atoms with Crippen molar-refractivity contribution in [3.63, 3.8) is 0 Å². The summed E-state index contributed by atoms with van der Waals surface area (Å²) in [5.74, 6) is 1.87. The van der Waals surface area contributed by atoms with E-state index in [9.17, 15) is 9.59 Å². The minimum atomic E-state index is -0.411. The molecule has 1 atom stereocenters. The van der Waals surface area contributed by atoms with Gasteiger partial charge in [-0.15, -0.1) is 11.8 Å². The van der Waals surface area contributed by atoms with E-state index < -0.39 is 6.04 Å². The third-order valence-electron chi connectivity index (χ3n) is 4.67. The van der Waals surface area contributed by atoms with Crippen molar-refractivity contribution in [2.45, 2.75) is 31.7 Å². The van der Waals surface area contributed by atoms with Gasteiger partial charge in [-0.1, -0.05) is 12.8 Å². The van der Waals surface area contributed by atoms with Crippen LogP contribution in [0.2, 0.25) is 0 Å². The van der Waals surface area contributed by atoms with Crippen LogP contribution in [-0.2, 0) is 9.59 Å².